The fourth-order valence-corrected chi connectivity index (χ4v) is 2.39. The third-order valence-corrected chi connectivity index (χ3v) is 4.16. The molecule has 0 saturated carbocycles. The van der Waals surface area contributed by atoms with Gasteiger partial charge in [0.25, 0.3) is 0 Å². The summed E-state index contributed by atoms with van der Waals surface area (Å²) in [6.07, 6.45) is 1.94. The first-order valence-electron chi connectivity index (χ1n) is 7.29. The van der Waals surface area contributed by atoms with E-state index in [1.54, 1.807) is 0 Å². The number of hydrogen-bond acceptors (Lipinski definition) is 2. The maximum absolute atomic E-state index is 12.3. The molecule has 3 nitrogen and oxygen atoms in total. The molecule has 0 radical (unpaired) electrons. The van der Waals surface area contributed by atoms with Crippen molar-refractivity contribution in [3.8, 4) is 0 Å². The Kier molecular flexibility index (Phi) is 4.59. The molecular weight excluding hydrogens is 236 g/mol. The predicted octanol–water partition coefficient (Wildman–Crippen LogP) is 2.61. The van der Waals surface area contributed by atoms with Crippen molar-refractivity contribution in [1.29, 1.82) is 0 Å². The maximum Gasteiger partial charge on any atom is 0.227 e. The number of nitrogens with one attached hydrogen (secondary N) is 2. The lowest BCUT2D eigenvalue weighted by molar-refractivity contribution is -0.121. The number of rotatable bonds is 5. The van der Waals surface area contributed by atoms with E-state index in [-0.39, 0.29) is 11.8 Å². The highest BCUT2D eigenvalue weighted by molar-refractivity contribution is 5.93. The van der Waals surface area contributed by atoms with Crippen LogP contribution in [-0.2, 0) is 17.6 Å². The summed E-state index contributed by atoms with van der Waals surface area (Å²) in [6, 6.07) is 6.39. The van der Waals surface area contributed by atoms with Crippen molar-refractivity contribution in [3.05, 3.63) is 29.3 Å². The molecule has 0 aromatic heterocycles. The van der Waals surface area contributed by atoms with Gasteiger partial charge in [0.15, 0.2) is 0 Å². The Hall–Kier alpha value is -1.35. The molecule has 2 rings (SSSR count). The summed E-state index contributed by atoms with van der Waals surface area (Å²) >= 11 is 0. The van der Waals surface area contributed by atoms with Gasteiger partial charge in [0.1, 0.15) is 0 Å². The van der Waals surface area contributed by atoms with E-state index in [9.17, 15) is 4.79 Å². The van der Waals surface area contributed by atoms with Crippen LogP contribution in [0.1, 0.15) is 31.9 Å². The fourth-order valence-electron chi connectivity index (χ4n) is 2.39. The summed E-state index contributed by atoms with van der Waals surface area (Å²) in [5, 5.41) is 6.34. The number of hydrogen-bond donors (Lipinski definition) is 2. The molecule has 0 aliphatic carbocycles. The van der Waals surface area contributed by atoms with Crippen LogP contribution < -0.4 is 10.6 Å². The van der Waals surface area contributed by atoms with Crippen molar-refractivity contribution >= 4 is 11.6 Å². The van der Waals surface area contributed by atoms with Crippen LogP contribution in [0.5, 0.6) is 0 Å². The van der Waals surface area contributed by atoms with E-state index < -0.39 is 0 Å². The van der Waals surface area contributed by atoms with Gasteiger partial charge in [0.05, 0.1) is 0 Å². The summed E-state index contributed by atoms with van der Waals surface area (Å²) in [5.41, 5.74) is 3.47. The molecule has 1 aromatic rings. The molecule has 1 aliphatic rings. The van der Waals surface area contributed by atoms with E-state index >= 15 is 0 Å². The summed E-state index contributed by atoms with van der Waals surface area (Å²) in [5.74, 6) is 0.713. The minimum Gasteiger partial charge on any atom is -0.326 e. The summed E-state index contributed by atoms with van der Waals surface area (Å²) < 4.78 is 0. The van der Waals surface area contributed by atoms with Crippen molar-refractivity contribution in [2.75, 3.05) is 18.4 Å². The molecule has 1 atom stereocenters. The van der Waals surface area contributed by atoms with Gasteiger partial charge in [-0.25, -0.2) is 0 Å². The zero-order valence-corrected chi connectivity index (χ0v) is 12.1. The monoisotopic (exact) mass is 260 g/mol. The van der Waals surface area contributed by atoms with E-state index in [4.69, 9.17) is 0 Å². The molecule has 104 valence electrons. The van der Waals surface area contributed by atoms with E-state index in [0.717, 1.165) is 31.6 Å². The zero-order valence-electron chi connectivity index (χ0n) is 12.1. The van der Waals surface area contributed by atoms with Crippen LogP contribution in [0.2, 0.25) is 0 Å². The lowest BCUT2D eigenvalue weighted by Gasteiger charge is -2.31. The molecule has 0 spiro atoms. The number of aryl methyl sites for hydroxylation is 2. The lowest BCUT2D eigenvalue weighted by atomic mass is 9.88. The van der Waals surface area contributed by atoms with Crippen molar-refractivity contribution in [3.63, 3.8) is 0 Å². The van der Waals surface area contributed by atoms with Crippen LogP contribution in [0.4, 0.5) is 5.69 Å². The van der Waals surface area contributed by atoms with Gasteiger partial charge in [-0.15, -0.1) is 0 Å². The van der Waals surface area contributed by atoms with Crippen molar-refractivity contribution in [2.24, 2.45) is 11.8 Å². The Balaban J connectivity index is 2.10. The van der Waals surface area contributed by atoms with Crippen LogP contribution in [0.15, 0.2) is 18.2 Å². The topological polar surface area (TPSA) is 41.1 Å². The molecule has 0 bridgehead atoms. The first kappa shape index (κ1) is 14.1. The predicted molar refractivity (Wildman–Crippen MR) is 79.4 cm³/mol. The standard InChI is InChI=1S/C16H24N2O/c1-4-12-6-7-13(5-2)15(8-12)18-16(19)11(3)14-9-17-10-14/h6-8,11,14,17H,4-5,9-10H2,1-3H3,(H,18,19). The third-order valence-electron chi connectivity index (χ3n) is 4.16. The van der Waals surface area contributed by atoms with E-state index in [2.05, 4.69) is 42.7 Å². The summed E-state index contributed by atoms with van der Waals surface area (Å²) in [6.45, 7) is 8.20. The molecule has 1 fully saturated rings. The van der Waals surface area contributed by atoms with Gasteiger partial charge < -0.3 is 10.6 Å². The molecule has 1 aliphatic heterocycles. The molecule has 1 heterocycles. The Labute approximate surface area is 115 Å². The first-order chi connectivity index (χ1) is 9.15. The molecule has 1 amide bonds. The van der Waals surface area contributed by atoms with Gasteiger partial charge in [0.2, 0.25) is 5.91 Å². The van der Waals surface area contributed by atoms with Gasteiger partial charge in [-0.05, 0) is 49.0 Å². The Morgan fingerprint density at radius 1 is 1.37 bits per heavy atom. The number of benzene rings is 1. The Bertz CT molecular complexity index is 452. The smallest absolute Gasteiger partial charge is 0.227 e. The minimum atomic E-state index is 0.0799. The highest BCUT2D eigenvalue weighted by atomic mass is 16.1. The highest BCUT2D eigenvalue weighted by Gasteiger charge is 2.28. The zero-order chi connectivity index (χ0) is 13.8. The fraction of sp³-hybridized carbons (Fsp3) is 0.562. The van der Waals surface area contributed by atoms with Gasteiger partial charge in [-0.2, -0.15) is 0 Å². The first-order valence-corrected chi connectivity index (χ1v) is 7.29. The van der Waals surface area contributed by atoms with Crippen LogP contribution in [0.3, 0.4) is 0 Å². The Morgan fingerprint density at radius 3 is 2.63 bits per heavy atom. The van der Waals surface area contributed by atoms with Crippen molar-refractivity contribution < 1.29 is 4.79 Å². The van der Waals surface area contributed by atoms with Crippen molar-refractivity contribution in [1.82, 2.24) is 5.32 Å². The minimum absolute atomic E-state index is 0.0799. The second-order valence-electron chi connectivity index (χ2n) is 5.39. The molecule has 19 heavy (non-hydrogen) atoms. The second kappa shape index (κ2) is 6.20. The number of carbonyl (C=O) groups excluding carboxylic acids is 1. The van der Waals surface area contributed by atoms with Crippen LogP contribution in [0.25, 0.3) is 0 Å². The summed E-state index contributed by atoms with van der Waals surface area (Å²) in [7, 11) is 0. The van der Waals surface area contributed by atoms with Crippen LogP contribution >= 0.6 is 0 Å². The quantitative estimate of drug-likeness (QED) is 0.854. The molecule has 1 saturated heterocycles. The maximum atomic E-state index is 12.3. The van der Waals surface area contributed by atoms with Gasteiger partial charge >= 0.3 is 0 Å². The van der Waals surface area contributed by atoms with E-state index in [1.165, 1.54) is 11.1 Å². The molecule has 3 heteroatoms. The number of carbonyl (C=O) groups is 1. The lowest BCUT2D eigenvalue weighted by Crippen LogP contribution is -2.48. The Morgan fingerprint density at radius 2 is 2.11 bits per heavy atom. The highest BCUT2D eigenvalue weighted by Crippen LogP contribution is 2.22. The largest absolute Gasteiger partial charge is 0.326 e. The van der Waals surface area contributed by atoms with E-state index in [0.29, 0.717) is 5.92 Å². The SMILES string of the molecule is CCc1ccc(CC)c(NC(=O)C(C)C2CNC2)c1. The van der Waals surface area contributed by atoms with Gasteiger partial charge in [-0.1, -0.05) is 32.9 Å². The van der Waals surface area contributed by atoms with Gasteiger partial charge in [0, 0.05) is 11.6 Å². The van der Waals surface area contributed by atoms with Gasteiger partial charge in [-0.3, -0.25) is 4.79 Å². The van der Waals surface area contributed by atoms with Crippen LogP contribution in [0, 0.1) is 11.8 Å². The average molecular weight is 260 g/mol. The third kappa shape index (κ3) is 3.16. The second-order valence-corrected chi connectivity index (χ2v) is 5.39. The number of amides is 1. The molecule has 1 aromatic carbocycles. The average Bonchev–Trinajstić information content (AvgIpc) is 2.36. The normalized spacial score (nSPS) is 16.8. The summed E-state index contributed by atoms with van der Waals surface area (Å²) in [4.78, 5) is 12.3. The molecule has 2 N–H and O–H groups in total. The number of anilines is 1. The van der Waals surface area contributed by atoms with E-state index in [1.807, 2.05) is 6.92 Å². The van der Waals surface area contributed by atoms with Crippen LogP contribution in [-0.4, -0.2) is 19.0 Å². The van der Waals surface area contributed by atoms with Crippen molar-refractivity contribution in [2.45, 2.75) is 33.6 Å². The molecular formula is C16H24N2O. The molecule has 1 unspecified atom stereocenters.